The van der Waals surface area contributed by atoms with E-state index in [9.17, 15) is 4.79 Å². The van der Waals surface area contributed by atoms with Crippen LogP contribution in [0.5, 0.6) is 0 Å². The lowest BCUT2D eigenvalue weighted by Gasteiger charge is -2.24. The molecular formula is C18H24N4O2. The Morgan fingerprint density at radius 3 is 2.62 bits per heavy atom. The van der Waals surface area contributed by atoms with E-state index in [0.29, 0.717) is 24.8 Å². The molecule has 0 saturated carbocycles. The van der Waals surface area contributed by atoms with E-state index in [2.05, 4.69) is 22.1 Å². The highest BCUT2D eigenvalue weighted by atomic mass is 16.6. The maximum absolute atomic E-state index is 12.3. The quantitative estimate of drug-likeness (QED) is 0.916. The summed E-state index contributed by atoms with van der Waals surface area (Å²) in [5.74, 6) is 1.96. The van der Waals surface area contributed by atoms with Gasteiger partial charge in [0.2, 0.25) is 0 Å². The lowest BCUT2D eigenvalue weighted by molar-refractivity contribution is 0.0287. The first-order chi connectivity index (χ1) is 11.3. The summed E-state index contributed by atoms with van der Waals surface area (Å²) in [7, 11) is 0. The van der Waals surface area contributed by atoms with Gasteiger partial charge in [-0.2, -0.15) is 5.10 Å². The minimum Gasteiger partial charge on any atom is -0.444 e. The number of amides is 1. The van der Waals surface area contributed by atoms with Gasteiger partial charge in [0.1, 0.15) is 11.4 Å². The molecule has 0 unspecified atom stereocenters. The molecular weight excluding hydrogens is 304 g/mol. The monoisotopic (exact) mass is 328 g/mol. The van der Waals surface area contributed by atoms with Crippen LogP contribution in [-0.2, 0) is 4.74 Å². The van der Waals surface area contributed by atoms with Crippen molar-refractivity contribution in [3.8, 4) is 11.4 Å². The van der Waals surface area contributed by atoms with Crippen molar-refractivity contribution in [1.82, 2.24) is 20.1 Å². The number of H-pyrrole nitrogens is 1. The normalized spacial score (nSPS) is 21.1. The van der Waals surface area contributed by atoms with E-state index in [4.69, 9.17) is 4.74 Å². The van der Waals surface area contributed by atoms with E-state index in [1.807, 2.05) is 51.1 Å². The molecule has 1 fully saturated rings. The number of rotatable bonds is 2. The van der Waals surface area contributed by atoms with Crippen LogP contribution in [0, 0.1) is 5.92 Å². The Kier molecular flexibility index (Phi) is 4.30. The molecule has 1 aromatic carbocycles. The van der Waals surface area contributed by atoms with Crippen LogP contribution >= 0.6 is 0 Å². The van der Waals surface area contributed by atoms with Crippen molar-refractivity contribution in [3.05, 3.63) is 36.2 Å². The fourth-order valence-electron chi connectivity index (χ4n) is 2.95. The van der Waals surface area contributed by atoms with E-state index in [0.717, 1.165) is 11.4 Å². The Morgan fingerprint density at radius 1 is 1.25 bits per heavy atom. The molecule has 1 amide bonds. The third-order valence-electron chi connectivity index (χ3n) is 4.15. The number of benzene rings is 1. The number of hydrogen-bond acceptors (Lipinski definition) is 4. The number of aromatic amines is 1. The zero-order chi connectivity index (χ0) is 17.3. The van der Waals surface area contributed by atoms with Crippen LogP contribution in [-0.4, -0.2) is 44.9 Å². The Morgan fingerprint density at radius 2 is 1.96 bits per heavy atom. The fourth-order valence-corrected chi connectivity index (χ4v) is 2.95. The molecule has 1 aliphatic heterocycles. The zero-order valence-corrected chi connectivity index (χ0v) is 14.6. The molecule has 0 radical (unpaired) electrons. The Labute approximate surface area is 142 Å². The first-order valence-corrected chi connectivity index (χ1v) is 8.29. The first kappa shape index (κ1) is 16.5. The van der Waals surface area contributed by atoms with Gasteiger partial charge in [-0.15, -0.1) is 0 Å². The van der Waals surface area contributed by atoms with Crippen molar-refractivity contribution in [1.29, 1.82) is 0 Å². The number of carbonyl (C=O) groups excluding carboxylic acids is 1. The lowest BCUT2D eigenvalue weighted by atomic mass is 9.98. The third kappa shape index (κ3) is 3.58. The van der Waals surface area contributed by atoms with E-state index >= 15 is 0 Å². The second-order valence-electron chi connectivity index (χ2n) is 7.38. The molecule has 0 aliphatic carbocycles. The van der Waals surface area contributed by atoms with Crippen molar-refractivity contribution in [3.63, 3.8) is 0 Å². The molecule has 0 bridgehead atoms. The summed E-state index contributed by atoms with van der Waals surface area (Å²) >= 11 is 0. The molecule has 2 aromatic rings. The van der Waals surface area contributed by atoms with Crippen molar-refractivity contribution >= 4 is 6.09 Å². The molecule has 6 heteroatoms. The van der Waals surface area contributed by atoms with Gasteiger partial charge in [0, 0.05) is 24.6 Å². The van der Waals surface area contributed by atoms with Crippen LogP contribution in [0.25, 0.3) is 11.4 Å². The number of ether oxygens (including phenoxy) is 1. The van der Waals surface area contributed by atoms with Crippen LogP contribution in [0.3, 0.4) is 0 Å². The molecule has 3 rings (SSSR count). The van der Waals surface area contributed by atoms with Crippen molar-refractivity contribution in [2.75, 3.05) is 13.1 Å². The molecule has 128 valence electrons. The van der Waals surface area contributed by atoms with E-state index < -0.39 is 5.60 Å². The summed E-state index contributed by atoms with van der Waals surface area (Å²) in [5, 5.41) is 7.37. The van der Waals surface area contributed by atoms with Crippen LogP contribution in [0.4, 0.5) is 4.79 Å². The van der Waals surface area contributed by atoms with Crippen LogP contribution in [0.1, 0.15) is 39.4 Å². The molecule has 24 heavy (non-hydrogen) atoms. The van der Waals surface area contributed by atoms with Crippen LogP contribution < -0.4 is 0 Å². The fraction of sp³-hybridized carbons (Fsp3) is 0.500. The van der Waals surface area contributed by atoms with Gasteiger partial charge < -0.3 is 9.64 Å². The predicted molar refractivity (Wildman–Crippen MR) is 91.5 cm³/mol. The van der Waals surface area contributed by atoms with E-state index in [-0.39, 0.29) is 12.0 Å². The second kappa shape index (κ2) is 6.26. The summed E-state index contributed by atoms with van der Waals surface area (Å²) in [6, 6.07) is 9.87. The number of nitrogens with one attached hydrogen (secondary N) is 1. The summed E-state index contributed by atoms with van der Waals surface area (Å²) < 4.78 is 5.47. The maximum atomic E-state index is 12.3. The summed E-state index contributed by atoms with van der Waals surface area (Å²) in [5.41, 5.74) is 0.500. The van der Waals surface area contributed by atoms with Crippen LogP contribution in [0.15, 0.2) is 30.3 Å². The van der Waals surface area contributed by atoms with Gasteiger partial charge >= 0.3 is 6.09 Å². The SMILES string of the molecule is C[C@@H]1CN(C(=O)OC(C)(C)C)C[C@H]1c1nc(-c2ccccc2)n[nH]1. The molecule has 1 aromatic heterocycles. The molecule has 1 saturated heterocycles. The van der Waals surface area contributed by atoms with Crippen molar-refractivity contribution in [2.24, 2.45) is 5.92 Å². The van der Waals surface area contributed by atoms with Gasteiger partial charge in [-0.1, -0.05) is 37.3 Å². The van der Waals surface area contributed by atoms with Crippen molar-refractivity contribution in [2.45, 2.75) is 39.2 Å². The Hall–Kier alpha value is -2.37. The maximum Gasteiger partial charge on any atom is 0.410 e. The largest absolute Gasteiger partial charge is 0.444 e. The highest BCUT2D eigenvalue weighted by molar-refractivity contribution is 5.68. The number of likely N-dealkylation sites (tertiary alicyclic amines) is 1. The minimum absolute atomic E-state index is 0.141. The third-order valence-corrected chi connectivity index (χ3v) is 4.15. The molecule has 1 aliphatic rings. The van der Waals surface area contributed by atoms with Gasteiger partial charge in [-0.3, -0.25) is 5.10 Å². The highest BCUT2D eigenvalue weighted by Crippen LogP contribution is 2.32. The van der Waals surface area contributed by atoms with E-state index in [1.54, 1.807) is 4.90 Å². The number of nitrogens with zero attached hydrogens (tertiary/aromatic N) is 3. The number of aromatic nitrogens is 3. The summed E-state index contributed by atoms with van der Waals surface area (Å²) in [6.07, 6.45) is -0.264. The standard InChI is InChI=1S/C18H24N4O2/c1-12-10-22(17(23)24-18(2,3)4)11-14(12)16-19-15(20-21-16)13-8-6-5-7-9-13/h5-9,12,14H,10-11H2,1-4H3,(H,19,20,21)/t12-,14-/m1/s1. The van der Waals surface area contributed by atoms with Gasteiger partial charge in [-0.25, -0.2) is 9.78 Å². The average molecular weight is 328 g/mol. The topological polar surface area (TPSA) is 71.1 Å². The van der Waals surface area contributed by atoms with Gasteiger partial charge in [0.25, 0.3) is 0 Å². The molecule has 6 nitrogen and oxygen atoms in total. The lowest BCUT2D eigenvalue weighted by Crippen LogP contribution is -2.35. The van der Waals surface area contributed by atoms with Gasteiger partial charge in [0.15, 0.2) is 5.82 Å². The number of hydrogen-bond donors (Lipinski definition) is 1. The van der Waals surface area contributed by atoms with Gasteiger partial charge in [-0.05, 0) is 26.7 Å². The first-order valence-electron chi connectivity index (χ1n) is 8.29. The average Bonchev–Trinajstić information content (AvgIpc) is 3.13. The predicted octanol–water partition coefficient (Wildman–Crippen LogP) is 3.44. The Balaban J connectivity index is 1.72. The highest BCUT2D eigenvalue weighted by Gasteiger charge is 2.37. The number of carbonyl (C=O) groups is 1. The molecule has 2 heterocycles. The van der Waals surface area contributed by atoms with E-state index in [1.165, 1.54) is 0 Å². The zero-order valence-electron chi connectivity index (χ0n) is 14.6. The van der Waals surface area contributed by atoms with Crippen molar-refractivity contribution < 1.29 is 9.53 Å². The molecule has 0 spiro atoms. The van der Waals surface area contributed by atoms with Gasteiger partial charge in [0.05, 0.1) is 0 Å². The Bertz CT molecular complexity index is 705. The summed E-state index contributed by atoms with van der Waals surface area (Å²) in [4.78, 5) is 18.7. The smallest absolute Gasteiger partial charge is 0.410 e. The minimum atomic E-state index is -0.481. The second-order valence-corrected chi connectivity index (χ2v) is 7.38. The molecule has 2 atom stereocenters. The summed E-state index contributed by atoms with van der Waals surface area (Å²) in [6.45, 7) is 9.03. The van der Waals surface area contributed by atoms with Crippen LogP contribution in [0.2, 0.25) is 0 Å². The molecule has 1 N–H and O–H groups in total.